The molecule has 0 radical (unpaired) electrons. The maximum absolute atomic E-state index is 13.1. The first kappa shape index (κ1) is 19.7. The van der Waals surface area contributed by atoms with Crippen LogP contribution in [0.4, 0.5) is 15.9 Å². The van der Waals surface area contributed by atoms with Crippen LogP contribution in [0.5, 0.6) is 5.75 Å². The van der Waals surface area contributed by atoms with Crippen LogP contribution in [0.2, 0.25) is 0 Å². The number of rotatable bonds is 7. The minimum Gasteiger partial charge on any atom is -0.497 e. The second-order valence-corrected chi connectivity index (χ2v) is 7.22. The molecule has 0 unspecified atom stereocenters. The fourth-order valence-electron chi connectivity index (χ4n) is 2.74. The van der Waals surface area contributed by atoms with Crippen molar-refractivity contribution in [2.24, 2.45) is 0 Å². The van der Waals surface area contributed by atoms with Crippen molar-refractivity contribution in [3.63, 3.8) is 0 Å². The van der Waals surface area contributed by atoms with E-state index in [4.69, 9.17) is 4.74 Å². The van der Waals surface area contributed by atoms with Gasteiger partial charge in [0.15, 0.2) is 0 Å². The van der Waals surface area contributed by atoms with E-state index >= 15 is 0 Å². The van der Waals surface area contributed by atoms with Gasteiger partial charge < -0.3 is 10.1 Å². The standard InChI is InChI=1S/C21H18FN5O2S/c1-29-18-10-4-15(5-11-18)14-30-21-25-24-19(23-17-8-6-16(22)7-9-17)20(28)27(21)26-12-2-3-13-26/h2-13H,14H2,1H3,(H,23,24). The lowest BCUT2D eigenvalue weighted by atomic mass is 10.2. The van der Waals surface area contributed by atoms with E-state index in [2.05, 4.69) is 15.5 Å². The molecule has 0 bridgehead atoms. The molecule has 2 heterocycles. The highest BCUT2D eigenvalue weighted by Crippen LogP contribution is 2.22. The number of hydrogen-bond donors (Lipinski definition) is 1. The van der Waals surface area contributed by atoms with Crippen LogP contribution >= 0.6 is 11.8 Å². The normalized spacial score (nSPS) is 10.7. The van der Waals surface area contributed by atoms with Gasteiger partial charge >= 0.3 is 5.56 Å². The molecule has 0 atom stereocenters. The molecular weight excluding hydrogens is 405 g/mol. The first-order valence-corrected chi connectivity index (χ1v) is 10.0. The number of anilines is 2. The van der Waals surface area contributed by atoms with Gasteiger partial charge in [-0.05, 0) is 54.1 Å². The second kappa shape index (κ2) is 8.83. The molecule has 30 heavy (non-hydrogen) atoms. The van der Waals surface area contributed by atoms with E-state index in [1.54, 1.807) is 24.2 Å². The molecule has 2 aromatic carbocycles. The van der Waals surface area contributed by atoms with Crippen LogP contribution in [-0.4, -0.2) is 26.7 Å². The molecule has 2 aromatic heterocycles. The van der Waals surface area contributed by atoms with E-state index in [0.717, 1.165) is 11.3 Å². The molecule has 4 rings (SSSR count). The van der Waals surface area contributed by atoms with Gasteiger partial charge in [0, 0.05) is 23.8 Å². The quantitative estimate of drug-likeness (QED) is 0.454. The molecule has 0 spiro atoms. The zero-order valence-corrected chi connectivity index (χ0v) is 16.8. The van der Waals surface area contributed by atoms with Crippen molar-refractivity contribution in [2.45, 2.75) is 10.9 Å². The molecule has 0 saturated carbocycles. The van der Waals surface area contributed by atoms with Gasteiger partial charge in [0.05, 0.1) is 7.11 Å². The fraction of sp³-hybridized carbons (Fsp3) is 0.0952. The summed E-state index contributed by atoms with van der Waals surface area (Å²) >= 11 is 1.39. The molecule has 152 valence electrons. The molecule has 0 aliphatic heterocycles. The van der Waals surface area contributed by atoms with E-state index in [-0.39, 0.29) is 17.2 Å². The molecule has 0 aliphatic rings. The summed E-state index contributed by atoms with van der Waals surface area (Å²) in [6.45, 7) is 0. The van der Waals surface area contributed by atoms with E-state index in [1.165, 1.54) is 40.7 Å². The highest BCUT2D eigenvalue weighted by molar-refractivity contribution is 7.98. The Bertz CT molecular complexity index is 1180. The van der Waals surface area contributed by atoms with Crippen molar-refractivity contribution in [3.05, 3.63) is 94.8 Å². The Morgan fingerprint density at radius 1 is 1.03 bits per heavy atom. The Labute approximate surface area is 176 Å². The molecule has 1 N–H and O–H groups in total. The van der Waals surface area contributed by atoms with E-state index in [0.29, 0.717) is 16.6 Å². The summed E-state index contributed by atoms with van der Waals surface area (Å²) < 4.78 is 21.4. The number of ether oxygens (including phenoxy) is 1. The number of nitrogens with zero attached hydrogens (tertiary/aromatic N) is 4. The monoisotopic (exact) mass is 423 g/mol. The van der Waals surface area contributed by atoms with Gasteiger partial charge in [-0.15, -0.1) is 10.2 Å². The number of halogens is 1. The average molecular weight is 423 g/mol. The maximum atomic E-state index is 13.1. The third-order valence-electron chi connectivity index (χ3n) is 4.27. The highest BCUT2D eigenvalue weighted by Gasteiger charge is 2.14. The van der Waals surface area contributed by atoms with Crippen LogP contribution in [0.25, 0.3) is 0 Å². The summed E-state index contributed by atoms with van der Waals surface area (Å²) in [4.78, 5) is 13.1. The predicted molar refractivity (Wildman–Crippen MR) is 114 cm³/mol. The summed E-state index contributed by atoms with van der Waals surface area (Å²) in [5, 5.41) is 11.7. The zero-order chi connectivity index (χ0) is 20.9. The Morgan fingerprint density at radius 2 is 1.73 bits per heavy atom. The summed E-state index contributed by atoms with van der Waals surface area (Å²) in [6, 6.07) is 17.0. The summed E-state index contributed by atoms with van der Waals surface area (Å²) in [6.07, 6.45) is 3.50. The van der Waals surface area contributed by atoms with Crippen molar-refractivity contribution in [2.75, 3.05) is 12.4 Å². The van der Waals surface area contributed by atoms with Gasteiger partial charge in [-0.2, -0.15) is 4.68 Å². The third-order valence-corrected chi connectivity index (χ3v) is 5.26. The van der Waals surface area contributed by atoms with Crippen LogP contribution in [0, 0.1) is 5.82 Å². The Kier molecular flexibility index (Phi) is 5.80. The van der Waals surface area contributed by atoms with Crippen LogP contribution in [-0.2, 0) is 5.75 Å². The molecule has 9 heteroatoms. The van der Waals surface area contributed by atoms with Gasteiger partial charge in [-0.25, -0.2) is 4.39 Å². The van der Waals surface area contributed by atoms with Crippen LogP contribution in [0.3, 0.4) is 0 Å². The number of nitrogens with one attached hydrogen (secondary N) is 1. The van der Waals surface area contributed by atoms with Crippen molar-refractivity contribution in [3.8, 4) is 5.75 Å². The molecule has 0 saturated heterocycles. The van der Waals surface area contributed by atoms with Gasteiger partial charge in [-0.3, -0.25) is 9.47 Å². The molecule has 7 nitrogen and oxygen atoms in total. The van der Waals surface area contributed by atoms with E-state index < -0.39 is 0 Å². The molecule has 0 aliphatic carbocycles. The predicted octanol–water partition coefficient (Wildman–Crippen LogP) is 3.93. The zero-order valence-electron chi connectivity index (χ0n) is 16.0. The fourth-order valence-corrected chi connectivity index (χ4v) is 3.62. The smallest absolute Gasteiger partial charge is 0.316 e. The minimum absolute atomic E-state index is 0.0455. The number of thioether (sulfide) groups is 1. The van der Waals surface area contributed by atoms with Crippen molar-refractivity contribution in [1.82, 2.24) is 19.5 Å². The lowest BCUT2D eigenvalue weighted by molar-refractivity contribution is 0.414. The first-order chi connectivity index (χ1) is 14.6. The Hall–Kier alpha value is -3.59. The van der Waals surface area contributed by atoms with Gasteiger partial charge in [-0.1, -0.05) is 23.9 Å². The van der Waals surface area contributed by atoms with Crippen LogP contribution in [0.1, 0.15) is 5.56 Å². The molecular formula is C21H18FN5O2S. The summed E-state index contributed by atoms with van der Waals surface area (Å²) in [5.74, 6) is 1.07. The summed E-state index contributed by atoms with van der Waals surface area (Å²) in [7, 11) is 1.62. The average Bonchev–Trinajstić information content (AvgIpc) is 3.30. The minimum atomic E-state index is -0.372. The molecule has 0 fully saturated rings. The van der Waals surface area contributed by atoms with Crippen molar-refractivity contribution >= 4 is 23.3 Å². The molecule has 0 amide bonds. The first-order valence-electron chi connectivity index (χ1n) is 9.06. The summed E-state index contributed by atoms with van der Waals surface area (Å²) in [5.41, 5.74) is 1.23. The Balaban J connectivity index is 1.63. The molecule has 4 aromatic rings. The van der Waals surface area contributed by atoms with E-state index in [9.17, 15) is 9.18 Å². The number of benzene rings is 2. The number of methoxy groups -OCH3 is 1. The second-order valence-electron chi connectivity index (χ2n) is 6.28. The Morgan fingerprint density at radius 3 is 2.40 bits per heavy atom. The topological polar surface area (TPSA) is 74.0 Å². The van der Waals surface area contributed by atoms with E-state index in [1.807, 2.05) is 36.4 Å². The number of hydrogen-bond acceptors (Lipinski definition) is 6. The highest BCUT2D eigenvalue weighted by atomic mass is 32.2. The van der Waals surface area contributed by atoms with Gasteiger partial charge in [0.25, 0.3) is 0 Å². The van der Waals surface area contributed by atoms with Crippen LogP contribution in [0.15, 0.2) is 83.0 Å². The van der Waals surface area contributed by atoms with Gasteiger partial charge in [0.2, 0.25) is 11.0 Å². The van der Waals surface area contributed by atoms with Crippen molar-refractivity contribution < 1.29 is 9.13 Å². The lowest BCUT2D eigenvalue weighted by Crippen LogP contribution is -2.30. The third kappa shape index (κ3) is 4.36. The largest absolute Gasteiger partial charge is 0.497 e. The van der Waals surface area contributed by atoms with Crippen LogP contribution < -0.4 is 15.6 Å². The lowest BCUT2D eigenvalue weighted by Gasteiger charge is -2.14. The van der Waals surface area contributed by atoms with Gasteiger partial charge in [0.1, 0.15) is 11.6 Å². The number of aromatic nitrogens is 4. The maximum Gasteiger partial charge on any atom is 0.316 e. The SMILES string of the molecule is COc1ccc(CSc2nnc(Nc3ccc(F)cc3)c(=O)n2-n2cccc2)cc1. The van der Waals surface area contributed by atoms with Crippen molar-refractivity contribution in [1.29, 1.82) is 0 Å².